The van der Waals surface area contributed by atoms with Gasteiger partial charge in [-0.05, 0) is 35.4 Å². The zero-order valence-electron chi connectivity index (χ0n) is 10.2. The van der Waals surface area contributed by atoms with Gasteiger partial charge in [0.15, 0.2) is 0 Å². The summed E-state index contributed by atoms with van der Waals surface area (Å²) < 4.78 is 52.9. The van der Waals surface area contributed by atoms with Gasteiger partial charge in [0.1, 0.15) is 11.6 Å². The van der Waals surface area contributed by atoms with E-state index in [1.54, 1.807) is 6.07 Å². The number of alkyl halides is 3. The van der Waals surface area contributed by atoms with E-state index >= 15 is 0 Å². The molecule has 0 bridgehead atoms. The fourth-order valence-corrected chi connectivity index (χ4v) is 1.77. The molecule has 0 unspecified atom stereocenters. The van der Waals surface area contributed by atoms with Gasteiger partial charge in [-0.15, -0.1) is 13.2 Å². The van der Waals surface area contributed by atoms with E-state index in [0.717, 1.165) is 0 Å². The summed E-state index contributed by atoms with van der Waals surface area (Å²) in [7, 11) is 0. The van der Waals surface area contributed by atoms with E-state index in [1.807, 2.05) is 0 Å². The number of hydrogen-bond acceptors (Lipinski definition) is 2. The molecule has 0 radical (unpaired) electrons. The van der Waals surface area contributed by atoms with Crippen LogP contribution in [0.25, 0.3) is 0 Å². The highest BCUT2D eigenvalue weighted by molar-refractivity contribution is 5.35. The van der Waals surface area contributed by atoms with Gasteiger partial charge in [-0.25, -0.2) is 4.39 Å². The predicted molar refractivity (Wildman–Crippen MR) is 65.6 cm³/mol. The highest BCUT2D eigenvalue weighted by Gasteiger charge is 2.31. The maximum atomic E-state index is 13.1. The maximum absolute atomic E-state index is 13.1. The van der Waals surface area contributed by atoms with Crippen LogP contribution in [0, 0.1) is 5.82 Å². The zero-order chi connectivity index (χ0) is 14.8. The van der Waals surface area contributed by atoms with E-state index < -0.39 is 18.2 Å². The summed E-state index contributed by atoms with van der Waals surface area (Å²) in [5.41, 5.74) is 7.03. The minimum Gasteiger partial charge on any atom is -0.406 e. The molecule has 106 valence electrons. The molecule has 0 amide bonds. The zero-order valence-corrected chi connectivity index (χ0v) is 10.2. The van der Waals surface area contributed by atoms with Crippen LogP contribution in [0.2, 0.25) is 0 Å². The normalized spacial score (nSPS) is 13.1. The number of nitrogens with two attached hydrogens (primary N) is 1. The predicted octanol–water partition coefficient (Wildman–Crippen LogP) is 3.77. The van der Waals surface area contributed by atoms with Gasteiger partial charge >= 0.3 is 6.36 Å². The second-order valence-electron chi connectivity index (χ2n) is 4.15. The highest BCUT2D eigenvalue weighted by Crippen LogP contribution is 2.26. The molecular formula is C14H11F4NO. The van der Waals surface area contributed by atoms with Crippen LogP contribution in [0.4, 0.5) is 17.6 Å². The molecule has 6 heteroatoms. The van der Waals surface area contributed by atoms with Crippen LogP contribution < -0.4 is 10.5 Å². The Bertz CT molecular complexity index is 580. The number of hydrogen-bond donors (Lipinski definition) is 1. The van der Waals surface area contributed by atoms with Gasteiger partial charge in [0, 0.05) is 0 Å². The van der Waals surface area contributed by atoms with Crippen molar-refractivity contribution in [3.8, 4) is 5.75 Å². The standard InChI is InChI=1S/C14H11F4NO/c15-11-3-1-2-10(8-11)13(19)9-4-6-12(7-5-9)20-14(16,17)18/h1-8,13H,19H2/t13-/m1/s1. The molecule has 2 aromatic carbocycles. The average Bonchev–Trinajstić information content (AvgIpc) is 2.37. The summed E-state index contributed by atoms with van der Waals surface area (Å²) in [6.07, 6.45) is -4.73. The molecule has 0 spiro atoms. The van der Waals surface area contributed by atoms with E-state index in [2.05, 4.69) is 4.74 Å². The molecule has 20 heavy (non-hydrogen) atoms. The molecule has 0 aliphatic heterocycles. The summed E-state index contributed by atoms with van der Waals surface area (Å²) >= 11 is 0. The number of ether oxygens (including phenoxy) is 1. The Morgan fingerprint density at radius 3 is 2.15 bits per heavy atom. The van der Waals surface area contributed by atoms with Crippen molar-refractivity contribution >= 4 is 0 Å². The second kappa shape index (κ2) is 5.50. The second-order valence-corrected chi connectivity index (χ2v) is 4.15. The minimum atomic E-state index is -4.73. The highest BCUT2D eigenvalue weighted by atomic mass is 19.4. The third-order valence-corrected chi connectivity index (χ3v) is 2.68. The molecule has 0 aromatic heterocycles. The van der Waals surface area contributed by atoms with E-state index in [4.69, 9.17) is 5.73 Å². The van der Waals surface area contributed by atoms with Crippen LogP contribution in [0.3, 0.4) is 0 Å². The van der Waals surface area contributed by atoms with Crippen LogP contribution in [0.1, 0.15) is 17.2 Å². The average molecular weight is 285 g/mol. The first-order valence-corrected chi connectivity index (χ1v) is 5.72. The van der Waals surface area contributed by atoms with Crippen LogP contribution in [0.5, 0.6) is 5.75 Å². The van der Waals surface area contributed by atoms with Crippen LogP contribution in [-0.4, -0.2) is 6.36 Å². The van der Waals surface area contributed by atoms with E-state index in [0.29, 0.717) is 11.1 Å². The quantitative estimate of drug-likeness (QED) is 0.871. The van der Waals surface area contributed by atoms with Gasteiger partial charge in [-0.3, -0.25) is 0 Å². The largest absolute Gasteiger partial charge is 0.573 e. The Morgan fingerprint density at radius 1 is 0.950 bits per heavy atom. The fraction of sp³-hybridized carbons (Fsp3) is 0.143. The number of halogens is 4. The van der Waals surface area contributed by atoms with Crippen molar-refractivity contribution in [1.29, 1.82) is 0 Å². The molecule has 2 nitrogen and oxygen atoms in total. The summed E-state index contributed by atoms with van der Waals surface area (Å²) in [6, 6.07) is 10.3. The molecular weight excluding hydrogens is 274 g/mol. The Balaban J connectivity index is 2.17. The lowest BCUT2D eigenvalue weighted by molar-refractivity contribution is -0.274. The maximum Gasteiger partial charge on any atom is 0.573 e. The van der Waals surface area contributed by atoms with Gasteiger partial charge in [-0.1, -0.05) is 24.3 Å². The van der Waals surface area contributed by atoms with E-state index in [-0.39, 0.29) is 5.75 Å². The molecule has 2 N–H and O–H groups in total. The molecule has 0 fully saturated rings. The van der Waals surface area contributed by atoms with Gasteiger partial charge in [0.2, 0.25) is 0 Å². The Kier molecular flexibility index (Phi) is 3.94. The molecule has 2 rings (SSSR count). The van der Waals surface area contributed by atoms with Crippen molar-refractivity contribution in [2.24, 2.45) is 5.73 Å². The van der Waals surface area contributed by atoms with Gasteiger partial charge in [0.25, 0.3) is 0 Å². The van der Waals surface area contributed by atoms with Gasteiger partial charge in [0.05, 0.1) is 6.04 Å². The molecule has 2 aromatic rings. The smallest absolute Gasteiger partial charge is 0.406 e. The van der Waals surface area contributed by atoms with Crippen molar-refractivity contribution in [3.63, 3.8) is 0 Å². The lowest BCUT2D eigenvalue weighted by Gasteiger charge is -2.14. The van der Waals surface area contributed by atoms with Gasteiger partial charge in [-0.2, -0.15) is 0 Å². The first-order chi connectivity index (χ1) is 9.35. The van der Waals surface area contributed by atoms with Crippen molar-refractivity contribution in [2.45, 2.75) is 12.4 Å². The third-order valence-electron chi connectivity index (χ3n) is 2.68. The van der Waals surface area contributed by atoms with E-state index in [1.165, 1.54) is 42.5 Å². The first kappa shape index (κ1) is 14.3. The molecule has 1 atom stereocenters. The van der Waals surface area contributed by atoms with E-state index in [9.17, 15) is 17.6 Å². The van der Waals surface area contributed by atoms with Crippen LogP contribution in [-0.2, 0) is 0 Å². The monoisotopic (exact) mass is 285 g/mol. The number of benzene rings is 2. The van der Waals surface area contributed by atoms with Crippen molar-refractivity contribution in [2.75, 3.05) is 0 Å². The van der Waals surface area contributed by atoms with Crippen molar-refractivity contribution in [3.05, 3.63) is 65.5 Å². The summed E-state index contributed by atoms with van der Waals surface area (Å²) in [5.74, 6) is -0.748. The molecule has 0 saturated carbocycles. The van der Waals surface area contributed by atoms with Crippen molar-refractivity contribution in [1.82, 2.24) is 0 Å². The topological polar surface area (TPSA) is 35.2 Å². The first-order valence-electron chi connectivity index (χ1n) is 5.72. The van der Waals surface area contributed by atoms with Crippen LogP contribution >= 0.6 is 0 Å². The Hall–Kier alpha value is -2.08. The fourth-order valence-electron chi connectivity index (χ4n) is 1.77. The SMILES string of the molecule is N[C@H](c1ccc(OC(F)(F)F)cc1)c1cccc(F)c1. The minimum absolute atomic E-state index is 0.326. The van der Waals surface area contributed by atoms with Gasteiger partial charge < -0.3 is 10.5 Å². The summed E-state index contributed by atoms with van der Waals surface area (Å²) in [6.45, 7) is 0. The third kappa shape index (κ3) is 3.71. The van der Waals surface area contributed by atoms with Crippen molar-refractivity contribution < 1.29 is 22.3 Å². The Labute approximate surface area is 112 Å². The lowest BCUT2D eigenvalue weighted by atomic mass is 9.99. The summed E-state index contributed by atoms with van der Waals surface area (Å²) in [5, 5.41) is 0. The molecule has 0 aliphatic carbocycles. The lowest BCUT2D eigenvalue weighted by Crippen LogP contribution is -2.17. The molecule has 0 aliphatic rings. The molecule has 0 saturated heterocycles. The molecule has 0 heterocycles. The Morgan fingerprint density at radius 2 is 1.60 bits per heavy atom. The van der Waals surface area contributed by atoms with Crippen LogP contribution in [0.15, 0.2) is 48.5 Å². The number of rotatable bonds is 3. The summed E-state index contributed by atoms with van der Waals surface area (Å²) in [4.78, 5) is 0.